The maximum atomic E-state index is 6.10. The topological polar surface area (TPSA) is 24.5 Å². The first-order valence-corrected chi connectivity index (χ1v) is 11.3. The summed E-state index contributed by atoms with van der Waals surface area (Å²) in [4.78, 5) is 4.81. The van der Waals surface area contributed by atoms with Crippen molar-refractivity contribution in [2.24, 2.45) is 0 Å². The Balaban J connectivity index is 1.53. The minimum absolute atomic E-state index is 0.758. The van der Waals surface area contributed by atoms with Crippen molar-refractivity contribution in [3.05, 3.63) is 107 Å². The van der Waals surface area contributed by atoms with Crippen LogP contribution < -0.4 is 10.1 Å². The number of hydrogen-bond donors (Lipinski definition) is 1. The van der Waals surface area contributed by atoms with E-state index in [0.29, 0.717) is 0 Å². The van der Waals surface area contributed by atoms with Crippen LogP contribution in [0.15, 0.2) is 100 Å². The summed E-state index contributed by atoms with van der Waals surface area (Å²) >= 11 is 1.81. The molecule has 2 heterocycles. The van der Waals surface area contributed by atoms with Crippen molar-refractivity contribution in [1.82, 2.24) is 10.2 Å². The van der Waals surface area contributed by atoms with Crippen molar-refractivity contribution >= 4 is 11.8 Å². The van der Waals surface area contributed by atoms with Crippen LogP contribution in [-0.4, -0.2) is 18.0 Å². The number of aryl methyl sites for hydroxylation is 2. The number of hydrogen-bond acceptors (Lipinski definition) is 4. The Hall–Kier alpha value is -2.85. The largest absolute Gasteiger partial charge is 0.458 e. The average molecular weight is 417 g/mol. The second-order valence-corrected chi connectivity index (χ2v) is 8.77. The lowest BCUT2D eigenvalue weighted by molar-refractivity contribution is 0.394. The Morgan fingerprint density at radius 2 is 1.90 bits per heavy atom. The van der Waals surface area contributed by atoms with Crippen molar-refractivity contribution in [1.29, 1.82) is 0 Å². The fraction of sp³-hybridized carbons (Fsp3) is 0.231. The Morgan fingerprint density at radius 1 is 1.03 bits per heavy atom. The molecule has 30 heavy (non-hydrogen) atoms. The predicted octanol–water partition coefficient (Wildman–Crippen LogP) is 6.30. The van der Waals surface area contributed by atoms with E-state index in [1.165, 1.54) is 20.9 Å². The molecule has 0 radical (unpaired) electrons. The normalized spacial score (nSPS) is 19.4. The molecule has 0 saturated carbocycles. The number of thioether (sulfide) groups is 1. The van der Waals surface area contributed by atoms with Crippen molar-refractivity contribution in [2.75, 3.05) is 13.1 Å². The van der Waals surface area contributed by atoms with Crippen LogP contribution in [0.1, 0.15) is 24.0 Å². The molecule has 2 aromatic rings. The number of allylic oxidation sites excluding steroid dienone is 3. The fourth-order valence-corrected chi connectivity index (χ4v) is 4.41. The fourth-order valence-electron chi connectivity index (χ4n) is 3.40. The lowest BCUT2D eigenvalue weighted by Gasteiger charge is -2.28. The first kappa shape index (κ1) is 20.4. The molecular weight excluding hydrogens is 388 g/mol. The molecular formula is C26H28N2OS. The summed E-state index contributed by atoms with van der Waals surface area (Å²) in [5.74, 6) is 2.83. The number of benzene rings is 2. The molecule has 0 amide bonds. The molecule has 0 aliphatic carbocycles. The second kappa shape index (κ2) is 9.77. The van der Waals surface area contributed by atoms with Gasteiger partial charge in [-0.2, -0.15) is 0 Å². The van der Waals surface area contributed by atoms with Crippen LogP contribution >= 0.6 is 11.8 Å². The Bertz CT molecular complexity index is 1000. The van der Waals surface area contributed by atoms with E-state index in [1.54, 1.807) is 11.8 Å². The first-order chi connectivity index (χ1) is 14.7. The highest BCUT2D eigenvalue weighted by molar-refractivity contribution is 8.03. The van der Waals surface area contributed by atoms with Crippen LogP contribution in [-0.2, 0) is 0 Å². The quantitative estimate of drug-likeness (QED) is 0.618. The van der Waals surface area contributed by atoms with Gasteiger partial charge in [-0.15, -0.1) is 0 Å². The molecule has 3 nitrogen and oxygen atoms in total. The summed E-state index contributed by atoms with van der Waals surface area (Å²) in [6.07, 6.45) is 13.1. The van der Waals surface area contributed by atoms with E-state index in [-0.39, 0.29) is 0 Å². The van der Waals surface area contributed by atoms with Gasteiger partial charge in [-0.25, -0.2) is 0 Å². The van der Waals surface area contributed by atoms with Gasteiger partial charge in [-0.05, 0) is 57.0 Å². The zero-order valence-electron chi connectivity index (χ0n) is 17.6. The monoisotopic (exact) mass is 416 g/mol. The summed E-state index contributed by atoms with van der Waals surface area (Å²) in [6.45, 7) is 5.95. The van der Waals surface area contributed by atoms with Crippen LogP contribution in [0, 0.1) is 13.8 Å². The van der Waals surface area contributed by atoms with Gasteiger partial charge in [0.1, 0.15) is 17.3 Å². The summed E-state index contributed by atoms with van der Waals surface area (Å²) in [6, 6.07) is 16.8. The maximum Gasteiger partial charge on any atom is 0.128 e. The van der Waals surface area contributed by atoms with Gasteiger partial charge >= 0.3 is 0 Å². The molecule has 0 unspecified atom stereocenters. The standard InChI is InChI=1S/C26H28N2OS/c1-20-10-12-22(13-11-20)29-23-14-15-27-26(18-23)28-16-5-3-4-8-25(19-28)30-24-9-6-7-21(2)17-24/h4,6-14,17-19,27H,3,5,15-16H2,1-2H3/b8-4-,25-19+. The average Bonchev–Trinajstić information content (AvgIpc) is 2.72. The van der Waals surface area contributed by atoms with Crippen LogP contribution in [0.25, 0.3) is 0 Å². The van der Waals surface area contributed by atoms with Gasteiger partial charge in [0, 0.05) is 35.2 Å². The minimum atomic E-state index is 0.758. The molecule has 0 aromatic heterocycles. The van der Waals surface area contributed by atoms with Gasteiger partial charge in [0.05, 0.1) is 0 Å². The molecule has 4 rings (SSSR count). The van der Waals surface area contributed by atoms with Crippen LogP contribution in [0.4, 0.5) is 0 Å². The van der Waals surface area contributed by atoms with Gasteiger partial charge in [0.15, 0.2) is 0 Å². The van der Waals surface area contributed by atoms with E-state index >= 15 is 0 Å². The first-order valence-electron chi connectivity index (χ1n) is 10.5. The Kier molecular flexibility index (Phi) is 6.65. The third-order valence-corrected chi connectivity index (χ3v) is 5.96. The van der Waals surface area contributed by atoms with Crippen molar-refractivity contribution in [3.8, 4) is 5.75 Å². The van der Waals surface area contributed by atoms with E-state index in [4.69, 9.17) is 4.74 Å². The molecule has 4 heteroatoms. The number of dihydropyridines is 1. The van der Waals surface area contributed by atoms with E-state index in [9.17, 15) is 0 Å². The third kappa shape index (κ3) is 5.61. The highest BCUT2D eigenvalue weighted by Gasteiger charge is 2.14. The zero-order chi connectivity index (χ0) is 20.8. The highest BCUT2D eigenvalue weighted by atomic mass is 32.2. The highest BCUT2D eigenvalue weighted by Crippen LogP contribution is 2.30. The van der Waals surface area contributed by atoms with Crippen molar-refractivity contribution in [3.63, 3.8) is 0 Å². The molecule has 0 saturated heterocycles. The summed E-state index contributed by atoms with van der Waals surface area (Å²) in [5, 5.41) is 3.51. The molecule has 2 aromatic carbocycles. The molecule has 2 aliphatic heterocycles. The number of ether oxygens (including phenoxy) is 1. The molecule has 0 fully saturated rings. The molecule has 154 valence electrons. The van der Waals surface area contributed by atoms with E-state index in [1.807, 2.05) is 12.1 Å². The second-order valence-electron chi connectivity index (χ2n) is 7.62. The van der Waals surface area contributed by atoms with Crippen molar-refractivity contribution < 1.29 is 4.74 Å². The third-order valence-electron chi connectivity index (χ3n) is 4.99. The molecule has 0 spiro atoms. The number of nitrogens with zero attached hydrogens (tertiary/aromatic N) is 1. The minimum Gasteiger partial charge on any atom is -0.458 e. The van der Waals surface area contributed by atoms with E-state index in [2.05, 4.69) is 91.0 Å². The molecule has 1 N–H and O–H groups in total. The Morgan fingerprint density at radius 3 is 2.73 bits per heavy atom. The van der Waals surface area contributed by atoms with E-state index < -0.39 is 0 Å². The van der Waals surface area contributed by atoms with E-state index in [0.717, 1.165) is 43.3 Å². The zero-order valence-corrected chi connectivity index (χ0v) is 18.4. The van der Waals surface area contributed by atoms with Gasteiger partial charge in [-0.1, -0.05) is 59.3 Å². The van der Waals surface area contributed by atoms with Gasteiger partial charge in [-0.3, -0.25) is 0 Å². The number of rotatable bonds is 5. The van der Waals surface area contributed by atoms with Gasteiger partial charge in [0.2, 0.25) is 0 Å². The summed E-state index contributed by atoms with van der Waals surface area (Å²) in [5.41, 5.74) is 2.52. The number of nitrogens with one attached hydrogen (secondary N) is 1. The van der Waals surface area contributed by atoms with Gasteiger partial charge in [0.25, 0.3) is 0 Å². The van der Waals surface area contributed by atoms with Crippen LogP contribution in [0.5, 0.6) is 5.75 Å². The van der Waals surface area contributed by atoms with Crippen LogP contribution in [0.3, 0.4) is 0 Å². The maximum absolute atomic E-state index is 6.10. The Labute approximate surface area is 183 Å². The lowest BCUT2D eigenvalue weighted by atomic mass is 10.2. The molecule has 0 atom stereocenters. The van der Waals surface area contributed by atoms with Crippen molar-refractivity contribution in [2.45, 2.75) is 31.6 Å². The molecule has 2 aliphatic rings. The predicted molar refractivity (Wildman–Crippen MR) is 126 cm³/mol. The summed E-state index contributed by atoms with van der Waals surface area (Å²) < 4.78 is 6.10. The van der Waals surface area contributed by atoms with Gasteiger partial charge < -0.3 is 15.0 Å². The SMILES string of the molecule is Cc1ccc(OC2=CCNC(N3/C=C(Sc4cccc(C)c4)\C=C/CCC3)=C2)cc1. The van der Waals surface area contributed by atoms with Crippen LogP contribution in [0.2, 0.25) is 0 Å². The smallest absolute Gasteiger partial charge is 0.128 e. The summed E-state index contributed by atoms with van der Waals surface area (Å²) in [7, 11) is 0. The lowest BCUT2D eigenvalue weighted by Crippen LogP contribution is -2.32. The molecule has 0 bridgehead atoms.